The van der Waals surface area contributed by atoms with Crippen molar-refractivity contribution in [1.29, 1.82) is 0 Å². The number of Topliss-reactive ketones (excluding diaryl/α,β-unsaturated/α-hetero) is 1. The van der Waals surface area contributed by atoms with E-state index in [2.05, 4.69) is 20.8 Å². The zero-order chi connectivity index (χ0) is 18.6. The van der Waals surface area contributed by atoms with Crippen LogP contribution in [0.4, 0.5) is 0 Å². The molecular formula is C20H40O4. The lowest BCUT2D eigenvalue weighted by atomic mass is 9.69. The van der Waals surface area contributed by atoms with Gasteiger partial charge in [0.05, 0.1) is 5.60 Å². The largest absolute Gasteiger partial charge is 0.387 e. The first kappa shape index (κ1) is 23.5. The molecule has 0 aromatic carbocycles. The maximum atomic E-state index is 11.8. The Bertz CT molecular complexity index is 333. The molecule has 4 heteroatoms. The Morgan fingerprint density at radius 2 is 1.17 bits per heavy atom. The van der Waals surface area contributed by atoms with Crippen LogP contribution in [0.2, 0.25) is 0 Å². The molecule has 0 aromatic rings. The summed E-state index contributed by atoms with van der Waals surface area (Å²) in [5, 5.41) is 33.0. The lowest BCUT2D eigenvalue weighted by Crippen LogP contribution is -2.63. The van der Waals surface area contributed by atoms with Gasteiger partial charge in [-0.1, -0.05) is 78.6 Å². The van der Waals surface area contributed by atoms with E-state index in [1.807, 2.05) is 0 Å². The molecule has 4 nitrogen and oxygen atoms in total. The molecule has 2 atom stereocenters. The molecule has 0 aromatic heterocycles. The van der Waals surface area contributed by atoms with Gasteiger partial charge in [-0.05, 0) is 26.2 Å². The first-order valence-corrected chi connectivity index (χ1v) is 9.92. The molecule has 0 spiro atoms. The zero-order valence-electron chi connectivity index (χ0n) is 16.3. The topological polar surface area (TPSA) is 77.8 Å². The number of aliphatic hydroxyl groups is 3. The van der Waals surface area contributed by atoms with Gasteiger partial charge in [-0.3, -0.25) is 4.79 Å². The lowest BCUT2D eigenvalue weighted by Gasteiger charge is -2.46. The van der Waals surface area contributed by atoms with E-state index in [4.69, 9.17) is 0 Å². The summed E-state index contributed by atoms with van der Waals surface area (Å²) in [4.78, 5) is 11.8. The lowest BCUT2D eigenvalue weighted by molar-refractivity contribution is -0.212. The van der Waals surface area contributed by atoms with E-state index in [-0.39, 0.29) is 6.42 Å². The monoisotopic (exact) mass is 344 g/mol. The van der Waals surface area contributed by atoms with Crippen molar-refractivity contribution in [2.75, 3.05) is 0 Å². The van der Waals surface area contributed by atoms with Crippen LogP contribution in [0.1, 0.15) is 105 Å². The first-order chi connectivity index (χ1) is 11.3. The smallest absolute Gasteiger partial charge is 0.161 e. The van der Waals surface area contributed by atoms with Crippen LogP contribution in [-0.4, -0.2) is 38.4 Å². The van der Waals surface area contributed by atoms with E-state index in [0.29, 0.717) is 19.3 Å². The van der Waals surface area contributed by atoms with Gasteiger partial charge in [0.25, 0.3) is 0 Å². The Morgan fingerprint density at radius 3 is 1.50 bits per heavy atom. The van der Waals surface area contributed by atoms with Gasteiger partial charge < -0.3 is 15.3 Å². The predicted octanol–water partition coefficient (Wildman–Crippen LogP) is 4.14. The van der Waals surface area contributed by atoms with E-state index in [1.165, 1.54) is 6.92 Å². The van der Waals surface area contributed by atoms with Crippen molar-refractivity contribution in [1.82, 2.24) is 0 Å². The van der Waals surface area contributed by atoms with Crippen LogP contribution >= 0.6 is 0 Å². The molecular weight excluding hydrogens is 304 g/mol. The number of ketones is 1. The molecule has 0 amide bonds. The summed E-state index contributed by atoms with van der Waals surface area (Å²) < 4.78 is 0. The summed E-state index contributed by atoms with van der Waals surface area (Å²) in [5.74, 6) is -0.474. The van der Waals surface area contributed by atoms with E-state index < -0.39 is 23.1 Å². The molecule has 0 aliphatic carbocycles. The van der Waals surface area contributed by atoms with Crippen LogP contribution in [0, 0.1) is 0 Å². The first-order valence-electron chi connectivity index (χ1n) is 9.92. The standard InChI is InChI=1S/C20H40O4/c1-5-8-11-14-19(23,15-12-9-6-2)20(24,16-13-10-7-3)18(22)17(4)21/h18,22-24H,5-16H2,1-4H3. The Balaban J connectivity index is 5.43. The predicted molar refractivity (Wildman–Crippen MR) is 99.0 cm³/mol. The molecule has 144 valence electrons. The average molecular weight is 345 g/mol. The van der Waals surface area contributed by atoms with Gasteiger partial charge in [0.15, 0.2) is 5.78 Å². The van der Waals surface area contributed by atoms with Crippen molar-refractivity contribution >= 4 is 5.78 Å². The van der Waals surface area contributed by atoms with E-state index >= 15 is 0 Å². The minimum atomic E-state index is -1.75. The highest BCUT2D eigenvalue weighted by Crippen LogP contribution is 2.39. The van der Waals surface area contributed by atoms with E-state index in [0.717, 1.165) is 51.4 Å². The molecule has 0 fully saturated rings. The Hall–Kier alpha value is -0.450. The molecule has 24 heavy (non-hydrogen) atoms. The van der Waals surface area contributed by atoms with Crippen molar-refractivity contribution in [3.63, 3.8) is 0 Å². The fraction of sp³-hybridized carbons (Fsp3) is 0.950. The highest BCUT2D eigenvalue weighted by molar-refractivity contribution is 5.81. The molecule has 0 bridgehead atoms. The number of unbranched alkanes of at least 4 members (excludes halogenated alkanes) is 6. The SMILES string of the molecule is CCCCCC(O)(CCCCC)C(O)(CCCCC)C(O)C(C)=O. The van der Waals surface area contributed by atoms with Crippen molar-refractivity contribution < 1.29 is 20.1 Å². The summed E-state index contributed by atoms with van der Waals surface area (Å²) in [7, 11) is 0. The van der Waals surface area contributed by atoms with Crippen molar-refractivity contribution in [3.05, 3.63) is 0 Å². The molecule has 0 aliphatic rings. The number of aliphatic hydroxyl groups excluding tert-OH is 1. The van der Waals surface area contributed by atoms with E-state index in [9.17, 15) is 20.1 Å². The molecule has 3 N–H and O–H groups in total. The van der Waals surface area contributed by atoms with Crippen molar-refractivity contribution in [3.8, 4) is 0 Å². The summed E-state index contributed by atoms with van der Waals surface area (Å²) in [5.41, 5.74) is -3.16. The maximum absolute atomic E-state index is 11.8. The van der Waals surface area contributed by atoms with Gasteiger partial charge >= 0.3 is 0 Å². The van der Waals surface area contributed by atoms with Crippen LogP contribution in [0.5, 0.6) is 0 Å². The van der Waals surface area contributed by atoms with Crippen LogP contribution in [0.25, 0.3) is 0 Å². The minimum absolute atomic E-state index is 0.260. The fourth-order valence-corrected chi connectivity index (χ4v) is 3.50. The molecule has 0 radical (unpaired) electrons. The third kappa shape index (κ3) is 6.81. The minimum Gasteiger partial charge on any atom is -0.387 e. The second-order valence-corrected chi connectivity index (χ2v) is 7.34. The molecule has 0 rings (SSSR count). The average Bonchev–Trinajstić information content (AvgIpc) is 2.54. The number of hydrogen-bond acceptors (Lipinski definition) is 4. The summed E-state index contributed by atoms with van der Waals surface area (Å²) >= 11 is 0. The van der Waals surface area contributed by atoms with Crippen LogP contribution in [0.3, 0.4) is 0 Å². The van der Waals surface area contributed by atoms with Gasteiger partial charge in [-0.25, -0.2) is 0 Å². The Morgan fingerprint density at radius 1 is 0.792 bits per heavy atom. The van der Waals surface area contributed by atoms with Gasteiger partial charge in [0.2, 0.25) is 0 Å². The van der Waals surface area contributed by atoms with Crippen LogP contribution in [0.15, 0.2) is 0 Å². The normalized spacial score (nSPS) is 16.0. The third-order valence-corrected chi connectivity index (χ3v) is 5.19. The van der Waals surface area contributed by atoms with Crippen LogP contribution < -0.4 is 0 Å². The highest BCUT2D eigenvalue weighted by atomic mass is 16.4. The second-order valence-electron chi connectivity index (χ2n) is 7.34. The molecule has 0 heterocycles. The van der Waals surface area contributed by atoms with Crippen molar-refractivity contribution in [2.24, 2.45) is 0 Å². The molecule has 0 saturated carbocycles. The third-order valence-electron chi connectivity index (χ3n) is 5.19. The van der Waals surface area contributed by atoms with Gasteiger partial charge in [0.1, 0.15) is 11.7 Å². The Labute approximate surface area is 148 Å². The second kappa shape index (κ2) is 12.0. The Kier molecular flexibility index (Phi) is 11.8. The van der Waals surface area contributed by atoms with Crippen molar-refractivity contribution in [2.45, 2.75) is 122 Å². The summed E-state index contributed by atoms with van der Waals surface area (Å²) in [6.07, 6.45) is 7.75. The van der Waals surface area contributed by atoms with E-state index in [1.54, 1.807) is 0 Å². The number of carbonyl (C=O) groups is 1. The van der Waals surface area contributed by atoms with Crippen LogP contribution in [-0.2, 0) is 4.79 Å². The maximum Gasteiger partial charge on any atom is 0.161 e. The van der Waals surface area contributed by atoms with Gasteiger partial charge in [0, 0.05) is 0 Å². The molecule has 0 aliphatic heterocycles. The van der Waals surface area contributed by atoms with Gasteiger partial charge in [-0.2, -0.15) is 0 Å². The summed E-state index contributed by atoms with van der Waals surface area (Å²) in [6.45, 7) is 7.53. The van der Waals surface area contributed by atoms with Gasteiger partial charge in [-0.15, -0.1) is 0 Å². The molecule has 0 saturated heterocycles. The highest BCUT2D eigenvalue weighted by Gasteiger charge is 2.53. The molecule has 2 unspecified atom stereocenters. The number of carbonyl (C=O) groups excluding carboxylic acids is 1. The number of hydrogen-bond donors (Lipinski definition) is 3. The quantitative estimate of drug-likeness (QED) is 0.390. The fourth-order valence-electron chi connectivity index (χ4n) is 3.50. The zero-order valence-corrected chi connectivity index (χ0v) is 16.3. The summed E-state index contributed by atoms with van der Waals surface area (Å²) in [6, 6.07) is 0. The number of rotatable bonds is 15.